The van der Waals surface area contributed by atoms with Crippen LogP contribution in [0.5, 0.6) is 0 Å². The zero-order valence-corrected chi connectivity index (χ0v) is 73.2. The van der Waals surface area contributed by atoms with Crippen LogP contribution in [0.25, 0.3) is 277 Å². The van der Waals surface area contributed by atoms with E-state index in [1.807, 2.05) is 56.7 Å². The molecule has 0 fully saturated rings. The highest BCUT2D eigenvalue weighted by Crippen LogP contribution is 2.59. The molecule has 129 heavy (non-hydrogen) atoms. The summed E-state index contributed by atoms with van der Waals surface area (Å²) < 4.78 is 20.1. The molecule has 0 atom stereocenters. The fraction of sp³-hybridized carbons (Fsp3) is 0. The van der Waals surface area contributed by atoms with Crippen LogP contribution < -0.4 is 4.90 Å². The van der Waals surface area contributed by atoms with Crippen LogP contribution in [0, 0.1) is 0 Å². The van der Waals surface area contributed by atoms with Crippen LogP contribution in [0.15, 0.2) is 411 Å². The van der Waals surface area contributed by atoms with E-state index in [2.05, 4.69) is 411 Å². The second-order valence-electron chi connectivity index (χ2n) is 34.6. The molecule has 0 aliphatic heterocycles. The normalized spacial score (nSPS) is 12.3. The van der Waals surface area contributed by atoms with Crippen LogP contribution in [-0.4, -0.2) is 0 Å². The Morgan fingerprint density at radius 1 is 0.147 bits per heavy atom. The molecule has 0 saturated heterocycles. The number of hydrogen-bond donors (Lipinski definition) is 0. The number of para-hydroxylation sites is 1. The molecule has 2 nitrogen and oxygen atoms in total. The molecule has 3 aliphatic rings. The lowest BCUT2D eigenvalue weighted by atomic mass is 9.91. The summed E-state index contributed by atoms with van der Waals surface area (Å²) in [5, 5.41) is 29.7. The van der Waals surface area contributed by atoms with Crippen LogP contribution in [0.4, 0.5) is 17.1 Å². The SMILES string of the molecule is c1ccc(-c2cccc(-c3cc4sc5cccc6c5c4c4c3ccc3sc5cccc-6c5c34)c2)cc1.c1ccc(-c2cccc(-c3cccc(-c4cc5sc6cccc7c6c5c5c4ccc4sc6cccc-7c6c45)c3)c2)cc1.c1ccc(N(c2cccc(-c3cc4c5c(c3)sc3ccc6ccc7oc8cccc-4c8c7c6c35)c2)c2ccc3c(ccc4ccccc43)c2)cc1. The van der Waals surface area contributed by atoms with Crippen molar-refractivity contribution in [2.45, 2.75) is 0 Å². The minimum Gasteiger partial charge on any atom is -0.456 e. The molecule has 0 unspecified atom stereocenters. The highest BCUT2D eigenvalue weighted by molar-refractivity contribution is 7.28. The van der Waals surface area contributed by atoms with Crippen LogP contribution in [0.1, 0.15) is 0 Å². The fourth-order valence-corrected chi connectivity index (χ4v) is 28.0. The van der Waals surface area contributed by atoms with E-state index in [9.17, 15) is 0 Å². The van der Waals surface area contributed by atoms with Crippen molar-refractivity contribution in [1.82, 2.24) is 0 Å². The third-order valence-electron chi connectivity index (χ3n) is 27.7. The molecule has 0 spiro atoms. The summed E-state index contributed by atoms with van der Waals surface area (Å²) in [5.41, 5.74) is 28.3. The molecule has 22 aromatic carbocycles. The first-order valence-electron chi connectivity index (χ1n) is 44.0. The molecule has 0 bridgehead atoms. The van der Waals surface area contributed by atoms with Gasteiger partial charge in [-0.2, -0.15) is 0 Å². The Bertz CT molecular complexity index is 9730. The highest BCUT2D eigenvalue weighted by atomic mass is 32.1. The van der Waals surface area contributed by atoms with Crippen molar-refractivity contribution in [2.24, 2.45) is 0 Å². The van der Waals surface area contributed by atoms with Crippen molar-refractivity contribution in [3.05, 3.63) is 406 Å². The van der Waals surface area contributed by atoms with Gasteiger partial charge in [-0.25, -0.2) is 0 Å². The summed E-state index contributed by atoms with van der Waals surface area (Å²) >= 11 is 9.61. The van der Waals surface area contributed by atoms with Gasteiger partial charge in [0.05, 0.1) is 0 Å². The van der Waals surface area contributed by atoms with E-state index in [1.54, 1.807) is 0 Å². The first-order valence-corrected chi connectivity index (χ1v) is 48.1. The minimum atomic E-state index is 0.947. The molecule has 28 aromatic rings. The number of rotatable bonds is 9. The van der Waals surface area contributed by atoms with Gasteiger partial charge in [-0.1, -0.05) is 273 Å². The average molecular weight is 1720 g/mol. The predicted molar refractivity (Wildman–Crippen MR) is 563 cm³/mol. The first-order chi connectivity index (χ1) is 63.9. The van der Waals surface area contributed by atoms with Gasteiger partial charge in [0.25, 0.3) is 0 Å². The van der Waals surface area contributed by atoms with Crippen molar-refractivity contribution in [2.75, 3.05) is 4.90 Å². The molecule has 7 heteroatoms. The minimum absolute atomic E-state index is 0.947. The largest absolute Gasteiger partial charge is 0.456 e. The highest BCUT2D eigenvalue weighted by Gasteiger charge is 2.31. The quantitative estimate of drug-likeness (QED) is 0.134. The smallest absolute Gasteiger partial charge is 0.136 e. The second kappa shape index (κ2) is 27.7. The number of nitrogens with zero attached hydrogens (tertiary/aromatic N) is 1. The van der Waals surface area contributed by atoms with Crippen LogP contribution in [-0.2, 0) is 0 Å². The molecular formula is C122H67NOS5. The zero-order valence-electron chi connectivity index (χ0n) is 69.1. The Labute approximate surface area is 759 Å². The maximum atomic E-state index is 6.48. The standard InChI is InChI=1S/C48H27NOS.C40H22S2.C34H18S2/c1-2-10-33(11-3-1)49(35-20-21-37-31(25-35)17-16-28-8-4-5-13-36(28)37)34-12-6-9-30(24-34)32-26-39-38-14-7-15-40-45(38)47-41(50-40)22-18-29-19-23-42-48(44(29)47)46(39)43(27-32)51-42;1-2-8-23(9-3-1)24-10-4-11-25(20-24)26-12-5-13-27(21-26)31-22-35-40-37-29(15-7-17-33(37)42-35)28-14-6-16-32-36(28)39-34(41-32)19-18-30(31)38(39)40;1-2-7-19(8-3-1)20-9-4-10-21(17-20)25-18-29-34-31-23(12-6-14-27(31)36-29)22-11-5-13-26-30(22)33-28(35-26)16-15-24(25)32(33)34/h1-27H;1-22H;1-18H. The Balaban J connectivity index is 0.0000000970. The topological polar surface area (TPSA) is 16.4 Å². The van der Waals surface area contributed by atoms with Gasteiger partial charge >= 0.3 is 0 Å². The number of furan rings is 1. The summed E-state index contributed by atoms with van der Waals surface area (Å²) in [5.74, 6) is 0. The predicted octanol–water partition coefficient (Wildman–Crippen LogP) is 38.0. The van der Waals surface area contributed by atoms with Crippen molar-refractivity contribution in [3.8, 4) is 100 Å². The van der Waals surface area contributed by atoms with E-state index in [1.165, 1.54) is 266 Å². The Kier molecular flexibility index (Phi) is 15.5. The first kappa shape index (κ1) is 72.0. The van der Waals surface area contributed by atoms with Gasteiger partial charge in [-0.05, 0) is 271 Å². The van der Waals surface area contributed by atoms with Gasteiger partial charge in [0.15, 0.2) is 0 Å². The summed E-state index contributed by atoms with van der Waals surface area (Å²) in [6, 6.07) is 150. The molecule has 596 valence electrons. The third kappa shape index (κ3) is 10.7. The molecule has 31 rings (SSSR count). The van der Waals surface area contributed by atoms with Gasteiger partial charge in [0.2, 0.25) is 0 Å². The van der Waals surface area contributed by atoms with Gasteiger partial charge in [0, 0.05) is 145 Å². The fourth-order valence-electron chi connectivity index (χ4n) is 22.2. The average Bonchev–Trinajstić information content (AvgIpc) is 1.54. The summed E-state index contributed by atoms with van der Waals surface area (Å²) in [6.45, 7) is 0. The Morgan fingerprint density at radius 3 is 1.09 bits per heavy atom. The number of thiophene rings is 5. The van der Waals surface area contributed by atoms with E-state index in [0.717, 1.165) is 28.2 Å². The molecule has 0 radical (unpaired) electrons. The summed E-state index contributed by atoms with van der Waals surface area (Å²) in [6.07, 6.45) is 0. The lowest BCUT2D eigenvalue weighted by Crippen LogP contribution is -2.09. The lowest BCUT2D eigenvalue weighted by molar-refractivity contribution is 0.669. The van der Waals surface area contributed by atoms with Crippen molar-refractivity contribution < 1.29 is 4.42 Å². The number of hydrogen-bond acceptors (Lipinski definition) is 7. The van der Waals surface area contributed by atoms with Crippen LogP contribution in [0.2, 0.25) is 0 Å². The number of fused-ring (bicyclic) bond motifs is 6. The van der Waals surface area contributed by atoms with E-state index in [0.29, 0.717) is 0 Å². The maximum absolute atomic E-state index is 6.48. The molecule has 0 N–H and O–H groups in total. The van der Waals surface area contributed by atoms with Crippen LogP contribution in [0.3, 0.4) is 0 Å². The Hall–Kier alpha value is -15.2. The lowest BCUT2D eigenvalue weighted by Gasteiger charge is -2.26. The van der Waals surface area contributed by atoms with E-state index in [-0.39, 0.29) is 0 Å². The molecule has 0 amide bonds. The monoisotopic (exact) mass is 1720 g/mol. The van der Waals surface area contributed by atoms with Crippen LogP contribution >= 0.6 is 56.7 Å². The molecule has 3 aliphatic carbocycles. The molecular weight excluding hydrogens is 1660 g/mol. The third-order valence-corrected chi connectivity index (χ3v) is 33.2. The van der Waals surface area contributed by atoms with Gasteiger partial charge in [0.1, 0.15) is 11.2 Å². The summed E-state index contributed by atoms with van der Waals surface area (Å²) in [7, 11) is 0. The van der Waals surface area contributed by atoms with Crippen molar-refractivity contribution >= 4 is 250 Å². The molecule has 6 heterocycles. The second-order valence-corrected chi connectivity index (χ2v) is 40.0. The molecule has 6 aromatic heterocycles. The van der Waals surface area contributed by atoms with E-state index >= 15 is 0 Å². The van der Waals surface area contributed by atoms with Crippen molar-refractivity contribution in [1.29, 1.82) is 0 Å². The summed E-state index contributed by atoms with van der Waals surface area (Å²) in [4.78, 5) is 2.38. The maximum Gasteiger partial charge on any atom is 0.136 e. The number of anilines is 3. The number of benzene rings is 22. The van der Waals surface area contributed by atoms with Crippen molar-refractivity contribution in [3.63, 3.8) is 0 Å². The zero-order chi connectivity index (χ0) is 84.0. The van der Waals surface area contributed by atoms with Gasteiger partial charge in [-0.3, -0.25) is 0 Å². The molecule has 0 saturated carbocycles. The Morgan fingerprint density at radius 2 is 0.512 bits per heavy atom. The van der Waals surface area contributed by atoms with Gasteiger partial charge in [-0.15, -0.1) is 56.7 Å². The van der Waals surface area contributed by atoms with E-state index < -0.39 is 0 Å². The van der Waals surface area contributed by atoms with Gasteiger partial charge < -0.3 is 9.32 Å². The van der Waals surface area contributed by atoms with E-state index in [4.69, 9.17) is 4.42 Å².